The number of hydrogen-bond acceptors (Lipinski definition) is 2. The molecule has 0 aliphatic heterocycles. The van der Waals surface area contributed by atoms with Crippen LogP contribution < -0.4 is 10.6 Å². The predicted molar refractivity (Wildman–Crippen MR) is 102 cm³/mol. The standard InChI is InChI=1S/C15H29N3OS.HI/c1-3-20(19)14-6-4-5-13(11-14)18-15(16-2)17-10-9-12-7-8-12;/h12-14H,3-11H2,1-2H3,(H2,16,17,18);1H. The Labute approximate surface area is 148 Å². The summed E-state index contributed by atoms with van der Waals surface area (Å²) in [7, 11) is 1.18. The zero-order valence-electron chi connectivity index (χ0n) is 13.3. The third-order valence-corrected chi connectivity index (χ3v) is 6.13. The highest BCUT2D eigenvalue weighted by Crippen LogP contribution is 2.31. The maximum Gasteiger partial charge on any atom is 0.191 e. The number of nitrogens with one attached hydrogen (secondary N) is 2. The van der Waals surface area contributed by atoms with Crippen molar-refractivity contribution in [2.75, 3.05) is 19.3 Å². The summed E-state index contributed by atoms with van der Waals surface area (Å²) in [4.78, 5) is 4.31. The normalized spacial score (nSPS) is 27.6. The fraction of sp³-hybridized carbons (Fsp3) is 0.933. The van der Waals surface area contributed by atoms with E-state index in [4.69, 9.17) is 0 Å². The van der Waals surface area contributed by atoms with E-state index >= 15 is 0 Å². The predicted octanol–water partition coefficient (Wildman–Crippen LogP) is 2.65. The lowest BCUT2D eigenvalue weighted by Gasteiger charge is -2.30. The van der Waals surface area contributed by atoms with Gasteiger partial charge in [0.1, 0.15) is 0 Å². The van der Waals surface area contributed by atoms with Crippen LogP contribution in [0.1, 0.15) is 51.9 Å². The molecule has 21 heavy (non-hydrogen) atoms. The van der Waals surface area contributed by atoms with E-state index in [0.29, 0.717) is 11.3 Å². The Morgan fingerprint density at radius 2 is 2.05 bits per heavy atom. The van der Waals surface area contributed by atoms with Crippen LogP contribution in [0.2, 0.25) is 0 Å². The van der Waals surface area contributed by atoms with Crippen LogP contribution >= 0.6 is 24.0 Å². The molecule has 3 atom stereocenters. The molecule has 2 rings (SSSR count). The van der Waals surface area contributed by atoms with E-state index in [2.05, 4.69) is 15.6 Å². The van der Waals surface area contributed by atoms with E-state index < -0.39 is 10.8 Å². The summed E-state index contributed by atoms with van der Waals surface area (Å²) in [5.41, 5.74) is 0. The maximum absolute atomic E-state index is 12.0. The first-order valence-corrected chi connectivity index (χ1v) is 9.45. The number of hydrogen-bond donors (Lipinski definition) is 2. The first-order chi connectivity index (χ1) is 9.72. The molecule has 2 aliphatic rings. The molecular formula is C15H30IN3OS. The summed E-state index contributed by atoms with van der Waals surface area (Å²) in [6.45, 7) is 3.03. The van der Waals surface area contributed by atoms with Crippen molar-refractivity contribution in [1.82, 2.24) is 10.6 Å². The van der Waals surface area contributed by atoms with Gasteiger partial charge in [0.2, 0.25) is 0 Å². The molecule has 2 aliphatic carbocycles. The summed E-state index contributed by atoms with van der Waals surface area (Å²) < 4.78 is 12.0. The number of rotatable bonds is 6. The maximum atomic E-state index is 12.0. The van der Waals surface area contributed by atoms with Gasteiger partial charge in [0, 0.05) is 41.4 Å². The van der Waals surface area contributed by atoms with Crippen LogP contribution in [0.3, 0.4) is 0 Å². The van der Waals surface area contributed by atoms with Crippen molar-refractivity contribution in [1.29, 1.82) is 0 Å². The van der Waals surface area contributed by atoms with Crippen LogP contribution in [0.5, 0.6) is 0 Å². The summed E-state index contributed by atoms with van der Waals surface area (Å²) in [5, 5.41) is 7.29. The number of aliphatic imine (C=N–C) groups is 1. The summed E-state index contributed by atoms with van der Waals surface area (Å²) in [6.07, 6.45) is 8.54. The Bertz CT molecular complexity index is 361. The second-order valence-electron chi connectivity index (χ2n) is 6.03. The number of nitrogens with zero attached hydrogens (tertiary/aromatic N) is 1. The summed E-state index contributed by atoms with van der Waals surface area (Å²) in [5.74, 6) is 2.65. The van der Waals surface area contributed by atoms with Gasteiger partial charge in [0.05, 0.1) is 0 Å². The van der Waals surface area contributed by atoms with E-state index in [9.17, 15) is 4.21 Å². The zero-order chi connectivity index (χ0) is 14.4. The van der Waals surface area contributed by atoms with E-state index in [0.717, 1.165) is 37.0 Å². The quantitative estimate of drug-likeness (QED) is 0.389. The molecule has 0 amide bonds. The molecule has 124 valence electrons. The Balaban J connectivity index is 0.00000220. The van der Waals surface area contributed by atoms with Crippen molar-refractivity contribution in [3.63, 3.8) is 0 Å². The molecule has 4 nitrogen and oxygen atoms in total. The minimum atomic E-state index is -0.654. The molecule has 2 fully saturated rings. The van der Waals surface area contributed by atoms with Crippen LogP contribution in [0, 0.1) is 5.92 Å². The average Bonchev–Trinajstić information content (AvgIpc) is 3.30. The third kappa shape index (κ3) is 6.84. The van der Waals surface area contributed by atoms with Crippen molar-refractivity contribution in [3.05, 3.63) is 0 Å². The highest BCUT2D eigenvalue weighted by Gasteiger charge is 2.26. The smallest absolute Gasteiger partial charge is 0.191 e. The number of guanidine groups is 1. The monoisotopic (exact) mass is 427 g/mol. The van der Waals surface area contributed by atoms with Gasteiger partial charge in [-0.2, -0.15) is 0 Å². The van der Waals surface area contributed by atoms with Gasteiger partial charge in [0.15, 0.2) is 5.96 Å². The minimum Gasteiger partial charge on any atom is -0.356 e. The molecule has 0 bridgehead atoms. The van der Waals surface area contributed by atoms with Crippen molar-refractivity contribution < 1.29 is 4.21 Å². The Kier molecular flexibility index (Phi) is 9.16. The first-order valence-electron chi connectivity index (χ1n) is 8.07. The van der Waals surface area contributed by atoms with Crippen molar-refractivity contribution in [2.45, 2.75) is 63.2 Å². The molecule has 0 aromatic carbocycles. The van der Waals surface area contributed by atoms with E-state index in [1.807, 2.05) is 14.0 Å². The van der Waals surface area contributed by atoms with Crippen molar-refractivity contribution >= 4 is 40.7 Å². The highest BCUT2D eigenvalue weighted by atomic mass is 127. The molecule has 0 aromatic rings. The molecule has 0 spiro atoms. The molecule has 3 unspecified atom stereocenters. The molecule has 2 saturated carbocycles. The van der Waals surface area contributed by atoms with Crippen LogP contribution in [-0.4, -0.2) is 40.8 Å². The van der Waals surface area contributed by atoms with Gasteiger partial charge in [-0.05, 0) is 31.6 Å². The van der Waals surface area contributed by atoms with Gasteiger partial charge in [-0.1, -0.05) is 26.2 Å². The third-order valence-electron chi connectivity index (χ3n) is 4.39. The molecule has 0 radical (unpaired) electrons. The van der Waals surface area contributed by atoms with Crippen molar-refractivity contribution in [3.8, 4) is 0 Å². The minimum absolute atomic E-state index is 0. The second kappa shape index (κ2) is 10.0. The fourth-order valence-electron chi connectivity index (χ4n) is 2.94. The van der Waals surface area contributed by atoms with Crippen LogP contribution in [0.15, 0.2) is 4.99 Å². The Hall–Kier alpha value is 0.150. The van der Waals surface area contributed by atoms with E-state index in [-0.39, 0.29) is 24.0 Å². The molecule has 6 heteroatoms. The van der Waals surface area contributed by atoms with Crippen molar-refractivity contribution in [2.24, 2.45) is 10.9 Å². The molecule has 2 N–H and O–H groups in total. The fourth-order valence-corrected chi connectivity index (χ4v) is 4.29. The van der Waals surface area contributed by atoms with Gasteiger partial charge in [0.25, 0.3) is 0 Å². The van der Waals surface area contributed by atoms with Gasteiger partial charge in [-0.25, -0.2) is 0 Å². The Morgan fingerprint density at radius 3 is 2.67 bits per heavy atom. The number of halogens is 1. The average molecular weight is 427 g/mol. The molecule has 0 saturated heterocycles. The van der Waals surface area contributed by atoms with Crippen LogP contribution in [0.25, 0.3) is 0 Å². The van der Waals surface area contributed by atoms with Gasteiger partial charge in [-0.15, -0.1) is 24.0 Å². The zero-order valence-corrected chi connectivity index (χ0v) is 16.4. The topological polar surface area (TPSA) is 53.5 Å². The Morgan fingerprint density at radius 1 is 1.29 bits per heavy atom. The lowest BCUT2D eigenvalue weighted by molar-refractivity contribution is 0.413. The van der Waals surface area contributed by atoms with Gasteiger partial charge < -0.3 is 10.6 Å². The molecular weight excluding hydrogens is 397 g/mol. The van der Waals surface area contributed by atoms with E-state index in [1.54, 1.807) is 0 Å². The first kappa shape index (κ1) is 19.2. The van der Waals surface area contributed by atoms with Gasteiger partial charge in [-0.3, -0.25) is 9.20 Å². The van der Waals surface area contributed by atoms with E-state index in [1.165, 1.54) is 32.1 Å². The molecule has 0 aromatic heterocycles. The SMILES string of the molecule is CCS(=O)C1CCCC(NC(=NC)NCCC2CC2)C1.I. The lowest BCUT2D eigenvalue weighted by Crippen LogP contribution is -2.46. The second-order valence-corrected chi connectivity index (χ2v) is 8.04. The van der Waals surface area contributed by atoms with Crippen LogP contribution in [0.4, 0.5) is 0 Å². The van der Waals surface area contributed by atoms with Gasteiger partial charge >= 0.3 is 0 Å². The van der Waals surface area contributed by atoms with Crippen LogP contribution in [-0.2, 0) is 10.8 Å². The summed E-state index contributed by atoms with van der Waals surface area (Å²) >= 11 is 0. The molecule has 0 heterocycles. The highest BCUT2D eigenvalue weighted by molar-refractivity contribution is 14.0. The largest absolute Gasteiger partial charge is 0.356 e. The lowest BCUT2D eigenvalue weighted by atomic mass is 9.95. The summed E-state index contributed by atoms with van der Waals surface area (Å²) in [6, 6.07) is 0.427.